The Morgan fingerprint density at radius 2 is 1.57 bits per heavy atom. The highest BCUT2D eigenvalue weighted by molar-refractivity contribution is 5.84. The maximum atomic E-state index is 6.05. The van der Waals surface area contributed by atoms with Gasteiger partial charge in [-0.25, -0.2) is 0 Å². The molecule has 0 atom stereocenters. The smallest absolute Gasteiger partial charge is 0.127 e. The predicted molar refractivity (Wildman–Crippen MR) is 120 cm³/mol. The van der Waals surface area contributed by atoms with Crippen molar-refractivity contribution in [1.82, 2.24) is 4.90 Å². The molecule has 0 radical (unpaired) electrons. The first kappa shape index (κ1) is 22.5. The minimum atomic E-state index is 0.608. The van der Waals surface area contributed by atoms with E-state index in [0.717, 1.165) is 25.3 Å². The molecule has 0 saturated heterocycles. The van der Waals surface area contributed by atoms with Gasteiger partial charge in [0.2, 0.25) is 0 Å². The van der Waals surface area contributed by atoms with Crippen LogP contribution < -0.4 is 4.74 Å². The molecule has 0 fully saturated rings. The SMILES string of the molecule is COCCOCCOCCN(C)CC/C=C1/c2ccccc2COc2ccccc21. The fourth-order valence-electron chi connectivity index (χ4n) is 3.47. The van der Waals surface area contributed by atoms with E-state index in [0.29, 0.717) is 39.6 Å². The van der Waals surface area contributed by atoms with Gasteiger partial charge in [0.25, 0.3) is 0 Å². The zero-order chi connectivity index (χ0) is 21.0. The van der Waals surface area contributed by atoms with E-state index in [2.05, 4.69) is 60.5 Å². The van der Waals surface area contributed by atoms with Crippen LogP contribution in [0.25, 0.3) is 5.57 Å². The van der Waals surface area contributed by atoms with Crippen LogP contribution in [-0.2, 0) is 20.8 Å². The Kier molecular flexibility index (Phi) is 9.38. The molecule has 0 N–H and O–H groups in total. The molecular weight excluding hydrogens is 378 g/mol. The molecular formula is C25H33NO4. The Morgan fingerprint density at radius 1 is 0.867 bits per heavy atom. The molecule has 162 valence electrons. The highest BCUT2D eigenvalue weighted by atomic mass is 16.5. The van der Waals surface area contributed by atoms with Crippen molar-refractivity contribution in [2.45, 2.75) is 13.0 Å². The lowest BCUT2D eigenvalue weighted by molar-refractivity contribution is 0.0209. The summed E-state index contributed by atoms with van der Waals surface area (Å²) >= 11 is 0. The van der Waals surface area contributed by atoms with E-state index < -0.39 is 0 Å². The van der Waals surface area contributed by atoms with Crippen LogP contribution in [0.15, 0.2) is 54.6 Å². The third-order valence-corrected chi connectivity index (χ3v) is 5.15. The lowest BCUT2D eigenvalue weighted by Crippen LogP contribution is -2.24. The Morgan fingerprint density at radius 3 is 2.40 bits per heavy atom. The molecule has 5 heteroatoms. The topological polar surface area (TPSA) is 40.2 Å². The first-order valence-corrected chi connectivity index (χ1v) is 10.6. The Hall–Kier alpha value is -2.18. The van der Waals surface area contributed by atoms with Crippen molar-refractivity contribution in [3.63, 3.8) is 0 Å². The molecule has 0 aromatic heterocycles. The summed E-state index contributed by atoms with van der Waals surface area (Å²) < 4.78 is 22.0. The number of nitrogens with zero attached hydrogens (tertiary/aromatic N) is 1. The van der Waals surface area contributed by atoms with Crippen molar-refractivity contribution < 1.29 is 18.9 Å². The second-order valence-electron chi connectivity index (χ2n) is 7.37. The number of likely N-dealkylation sites (N-methyl/N-ethyl adjacent to an activating group) is 1. The molecule has 1 aliphatic heterocycles. The second kappa shape index (κ2) is 12.5. The number of methoxy groups -OCH3 is 1. The molecule has 1 aliphatic rings. The second-order valence-corrected chi connectivity index (χ2v) is 7.37. The molecule has 0 saturated carbocycles. The minimum absolute atomic E-state index is 0.608. The quantitative estimate of drug-likeness (QED) is 0.494. The summed E-state index contributed by atoms with van der Waals surface area (Å²) in [5, 5.41) is 0. The van der Waals surface area contributed by atoms with Crippen molar-refractivity contribution in [3.8, 4) is 5.75 Å². The van der Waals surface area contributed by atoms with Gasteiger partial charge in [0, 0.05) is 25.8 Å². The van der Waals surface area contributed by atoms with Gasteiger partial charge in [0.15, 0.2) is 0 Å². The zero-order valence-corrected chi connectivity index (χ0v) is 18.1. The zero-order valence-electron chi connectivity index (χ0n) is 18.1. The van der Waals surface area contributed by atoms with Crippen LogP contribution in [0.2, 0.25) is 0 Å². The number of ether oxygens (including phenoxy) is 4. The molecule has 30 heavy (non-hydrogen) atoms. The van der Waals surface area contributed by atoms with Crippen molar-refractivity contribution in [2.75, 3.05) is 60.3 Å². The highest BCUT2D eigenvalue weighted by Crippen LogP contribution is 2.36. The molecule has 0 spiro atoms. The van der Waals surface area contributed by atoms with E-state index in [1.165, 1.54) is 22.3 Å². The molecule has 0 amide bonds. The van der Waals surface area contributed by atoms with E-state index in [1.807, 2.05) is 6.07 Å². The van der Waals surface area contributed by atoms with E-state index in [4.69, 9.17) is 18.9 Å². The molecule has 2 aromatic rings. The number of para-hydroxylation sites is 1. The van der Waals surface area contributed by atoms with Gasteiger partial charge in [-0.2, -0.15) is 0 Å². The summed E-state index contributed by atoms with van der Waals surface area (Å²) in [4.78, 5) is 2.30. The average Bonchev–Trinajstić information content (AvgIpc) is 2.93. The van der Waals surface area contributed by atoms with Gasteiger partial charge in [-0.15, -0.1) is 0 Å². The summed E-state index contributed by atoms with van der Waals surface area (Å²) in [5.41, 5.74) is 4.93. The molecule has 0 aliphatic carbocycles. The number of fused-ring (bicyclic) bond motifs is 2. The number of hydrogen-bond donors (Lipinski definition) is 0. The lowest BCUT2D eigenvalue weighted by atomic mass is 9.93. The number of hydrogen-bond acceptors (Lipinski definition) is 5. The first-order valence-electron chi connectivity index (χ1n) is 10.6. The van der Waals surface area contributed by atoms with Gasteiger partial charge in [-0.1, -0.05) is 48.5 Å². The summed E-state index contributed by atoms with van der Waals surface area (Å²) in [6, 6.07) is 16.8. The Balaban J connectivity index is 1.50. The normalized spacial score (nSPS) is 14.3. The van der Waals surface area contributed by atoms with Gasteiger partial charge >= 0.3 is 0 Å². The van der Waals surface area contributed by atoms with Crippen molar-refractivity contribution in [1.29, 1.82) is 0 Å². The van der Waals surface area contributed by atoms with Crippen LogP contribution in [-0.4, -0.2) is 65.2 Å². The molecule has 5 nitrogen and oxygen atoms in total. The highest BCUT2D eigenvalue weighted by Gasteiger charge is 2.18. The minimum Gasteiger partial charge on any atom is -0.488 e. The Labute approximate surface area is 180 Å². The van der Waals surface area contributed by atoms with Crippen LogP contribution in [0.4, 0.5) is 0 Å². The third kappa shape index (κ3) is 6.67. The van der Waals surface area contributed by atoms with E-state index >= 15 is 0 Å². The maximum absolute atomic E-state index is 6.05. The van der Waals surface area contributed by atoms with Crippen LogP contribution in [0.5, 0.6) is 5.75 Å². The fourth-order valence-corrected chi connectivity index (χ4v) is 3.47. The van der Waals surface area contributed by atoms with Crippen LogP contribution in [0.1, 0.15) is 23.1 Å². The predicted octanol–water partition coefficient (Wildman–Crippen LogP) is 4.01. The van der Waals surface area contributed by atoms with Crippen LogP contribution in [0, 0.1) is 0 Å². The standard InChI is InChI=1S/C25H33NO4/c1-26(14-15-28-18-19-29-17-16-27-2)13-7-11-23-22-9-4-3-8-21(22)20-30-25-12-6-5-10-24(23)25/h3-6,8-12H,7,13-20H2,1-2H3/b23-11-. The van der Waals surface area contributed by atoms with Gasteiger partial charge < -0.3 is 23.8 Å². The first-order chi connectivity index (χ1) is 14.8. The average molecular weight is 412 g/mol. The van der Waals surface area contributed by atoms with Crippen LogP contribution in [0.3, 0.4) is 0 Å². The van der Waals surface area contributed by atoms with Crippen molar-refractivity contribution in [3.05, 3.63) is 71.3 Å². The Bertz CT molecular complexity index is 756. The van der Waals surface area contributed by atoms with Gasteiger partial charge in [0.1, 0.15) is 12.4 Å². The summed E-state index contributed by atoms with van der Waals surface area (Å²) in [5.74, 6) is 0.953. The van der Waals surface area contributed by atoms with E-state index in [9.17, 15) is 0 Å². The van der Waals surface area contributed by atoms with Gasteiger partial charge in [0.05, 0.1) is 33.0 Å². The molecule has 1 heterocycles. The van der Waals surface area contributed by atoms with Gasteiger partial charge in [-0.3, -0.25) is 0 Å². The largest absolute Gasteiger partial charge is 0.488 e. The van der Waals surface area contributed by atoms with Crippen molar-refractivity contribution >= 4 is 5.57 Å². The monoisotopic (exact) mass is 411 g/mol. The van der Waals surface area contributed by atoms with E-state index in [-0.39, 0.29) is 0 Å². The third-order valence-electron chi connectivity index (χ3n) is 5.15. The number of rotatable bonds is 12. The summed E-state index contributed by atoms with van der Waals surface area (Å²) in [7, 11) is 3.81. The molecule has 0 unspecified atom stereocenters. The van der Waals surface area contributed by atoms with Crippen molar-refractivity contribution in [2.24, 2.45) is 0 Å². The summed E-state index contributed by atoms with van der Waals surface area (Å²) in [6.45, 7) is 5.66. The molecule has 0 bridgehead atoms. The van der Waals surface area contributed by atoms with E-state index in [1.54, 1.807) is 7.11 Å². The molecule has 3 rings (SSSR count). The van der Waals surface area contributed by atoms with Gasteiger partial charge in [-0.05, 0) is 36.2 Å². The molecule has 2 aromatic carbocycles. The fraction of sp³-hybridized carbons (Fsp3) is 0.440. The maximum Gasteiger partial charge on any atom is 0.127 e. The summed E-state index contributed by atoms with van der Waals surface area (Å²) in [6.07, 6.45) is 3.31. The van der Waals surface area contributed by atoms with Crippen LogP contribution >= 0.6 is 0 Å². The number of benzene rings is 2. The lowest BCUT2D eigenvalue weighted by Gasteiger charge is -2.16.